The minimum Gasteiger partial charge on any atom is -0.548 e. The van der Waals surface area contributed by atoms with Crippen molar-refractivity contribution in [2.45, 2.75) is 230 Å². The molecule has 2 unspecified atom stereocenters. The number of carbonyl (C=O) groups excluding carboxylic acids is 4. The van der Waals surface area contributed by atoms with Crippen molar-refractivity contribution in [3.63, 3.8) is 0 Å². The van der Waals surface area contributed by atoms with E-state index in [2.05, 4.69) is 38.8 Å². The zero-order valence-corrected chi connectivity index (χ0v) is 40.9. The minimum atomic E-state index is -1.37. The Hall–Kier alpha value is -1.50. The first-order valence-corrected chi connectivity index (χ1v) is 27.3. The number of quaternary nitrogens is 2. The second-order valence-corrected chi connectivity index (χ2v) is 20.7. The van der Waals surface area contributed by atoms with E-state index < -0.39 is 24.0 Å². The smallest absolute Gasteiger partial charge is 0.220 e. The summed E-state index contributed by atoms with van der Waals surface area (Å²) in [4.78, 5) is 51.3. The summed E-state index contributed by atoms with van der Waals surface area (Å²) < 4.78 is 0. The van der Waals surface area contributed by atoms with Gasteiger partial charge >= 0.3 is 0 Å². The average molecular weight is 887 g/mol. The minimum absolute atomic E-state index is 0.0305. The highest BCUT2D eigenvalue weighted by Crippen LogP contribution is 2.23. The molecule has 0 fully saturated rings. The summed E-state index contributed by atoms with van der Waals surface area (Å²) in [5.41, 5.74) is 0. The number of hydrogen-bond acceptors (Lipinski definition) is 8. The van der Waals surface area contributed by atoms with Crippen LogP contribution in [0, 0.1) is 0 Å². The van der Waals surface area contributed by atoms with E-state index in [-0.39, 0.29) is 36.2 Å². The van der Waals surface area contributed by atoms with Crippen LogP contribution in [0.25, 0.3) is 0 Å². The normalized spacial score (nSPS) is 12.6. The van der Waals surface area contributed by atoms with Crippen LogP contribution in [0.1, 0.15) is 218 Å². The zero-order chi connectivity index (χ0) is 44.3. The van der Waals surface area contributed by atoms with Crippen LogP contribution in [0.3, 0.4) is 0 Å². The number of aliphatic carboxylic acids is 2. The van der Waals surface area contributed by atoms with E-state index in [1.807, 2.05) is 0 Å². The molecule has 0 aromatic carbocycles. The maximum Gasteiger partial charge on any atom is 0.220 e. The van der Waals surface area contributed by atoms with Gasteiger partial charge in [0.15, 0.2) is 0 Å². The summed E-state index contributed by atoms with van der Waals surface area (Å²) in [5.74, 6) is -3.30. The first-order valence-electron chi connectivity index (χ1n) is 24.9. The zero-order valence-electron chi connectivity index (χ0n) is 39.3. The van der Waals surface area contributed by atoms with Crippen molar-refractivity contribution in [2.75, 3.05) is 52.8 Å². The van der Waals surface area contributed by atoms with Crippen molar-refractivity contribution < 1.29 is 39.2 Å². The Morgan fingerprint density at radius 1 is 0.367 bits per heavy atom. The Bertz CT molecular complexity index is 943. The van der Waals surface area contributed by atoms with E-state index in [9.17, 15) is 29.4 Å². The topological polar surface area (TPSA) is 147 Å². The van der Waals surface area contributed by atoms with E-state index in [1.165, 1.54) is 180 Å². The molecule has 354 valence electrons. The lowest BCUT2D eigenvalue weighted by Gasteiger charge is -2.21. The lowest BCUT2D eigenvalue weighted by Crippen LogP contribution is -3.05. The average Bonchev–Trinajstić information content (AvgIpc) is 3.20. The molecule has 12 heteroatoms. The first kappa shape index (κ1) is 58.5. The Morgan fingerprint density at radius 2 is 0.567 bits per heavy atom. The second-order valence-electron chi connectivity index (χ2n) is 18.2. The molecule has 10 nitrogen and oxygen atoms in total. The molecular weight excluding hydrogens is 793 g/mol. The number of hydrogen-bond donors (Lipinski definition) is 4. The molecule has 0 aliphatic rings. The molecule has 0 bridgehead atoms. The quantitative estimate of drug-likeness (QED) is 0.0407. The van der Waals surface area contributed by atoms with Crippen LogP contribution in [-0.4, -0.2) is 88.6 Å². The molecule has 0 radical (unpaired) electrons. The molecule has 0 aromatic rings. The van der Waals surface area contributed by atoms with Gasteiger partial charge in [-0.15, -0.1) is 0 Å². The van der Waals surface area contributed by atoms with Crippen LogP contribution in [0.4, 0.5) is 0 Å². The number of carbonyl (C=O) groups is 4. The van der Waals surface area contributed by atoms with Gasteiger partial charge in [0, 0.05) is 24.3 Å². The molecule has 0 aliphatic heterocycles. The van der Waals surface area contributed by atoms with Gasteiger partial charge in [0.1, 0.15) is 0 Å². The van der Waals surface area contributed by atoms with Crippen molar-refractivity contribution >= 4 is 45.3 Å². The predicted molar refractivity (Wildman–Crippen MR) is 251 cm³/mol. The number of carboxylic acid groups (broad SMARTS) is 2. The van der Waals surface area contributed by atoms with Crippen LogP contribution < -0.4 is 30.6 Å². The molecule has 4 N–H and O–H groups in total. The third-order valence-electron chi connectivity index (χ3n) is 11.5. The van der Waals surface area contributed by atoms with Crippen LogP contribution in [0.5, 0.6) is 0 Å². The number of nitrogens with one attached hydrogen (secondary N) is 4. The van der Waals surface area contributed by atoms with E-state index in [0.717, 1.165) is 60.1 Å². The van der Waals surface area contributed by atoms with Gasteiger partial charge in [-0.2, -0.15) is 0 Å². The third kappa shape index (κ3) is 43.2. The monoisotopic (exact) mass is 887 g/mol. The van der Waals surface area contributed by atoms with E-state index in [4.69, 9.17) is 0 Å². The fourth-order valence-electron chi connectivity index (χ4n) is 7.58. The molecule has 0 saturated heterocycles. The highest BCUT2D eigenvalue weighted by atomic mass is 33.1. The van der Waals surface area contributed by atoms with Crippen LogP contribution in [0.15, 0.2) is 0 Å². The van der Waals surface area contributed by atoms with E-state index in [1.54, 1.807) is 9.80 Å². The fraction of sp³-hybridized carbons (Fsp3) is 0.917. The van der Waals surface area contributed by atoms with Gasteiger partial charge < -0.3 is 40.2 Å². The van der Waals surface area contributed by atoms with Crippen LogP contribution in [0.2, 0.25) is 0 Å². The molecule has 2 amide bonds. The Balaban J connectivity index is 3.79. The molecule has 0 saturated carbocycles. The first-order chi connectivity index (χ1) is 29.0. The van der Waals surface area contributed by atoms with Crippen LogP contribution >= 0.6 is 21.6 Å². The highest BCUT2D eigenvalue weighted by molar-refractivity contribution is 8.76. The summed E-state index contributed by atoms with van der Waals surface area (Å²) >= 11 is 0. The molecule has 0 rings (SSSR count). The van der Waals surface area contributed by atoms with Crippen molar-refractivity contribution in [1.29, 1.82) is 0 Å². The second kappa shape index (κ2) is 44.1. The maximum atomic E-state index is 12.4. The summed E-state index contributed by atoms with van der Waals surface area (Å²) in [5, 5.41) is 28.4. The molecule has 60 heavy (non-hydrogen) atoms. The van der Waals surface area contributed by atoms with Crippen molar-refractivity contribution in [2.24, 2.45) is 0 Å². The standard InChI is InChI=1S/C48H94N4O6S2/c1-51(2)39-35-31-27-23-19-15-11-7-5-9-13-17-21-25-29-33-37-45(53)49-43(47(55)56)41-59-60-42-44(48(57)58)50-46(54)38-34-30-26-22-18-14-10-6-8-12-16-20-24-28-32-36-40-52(3)4/h43-44H,5-42H2,1-4H3,(H,49,53)(H,50,54)(H,55,56)(H,57,58). The van der Waals surface area contributed by atoms with Gasteiger partial charge in [0.2, 0.25) is 11.8 Å². The fourth-order valence-corrected chi connectivity index (χ4v) is 9.88. The lowest BCUT2D eigenvalue weighted by atomic mass is 10.0. The number of rotatable bonds is 47. The van der Waals surface area contributed by atoms with Crippen molar-refractivity contribution in [3.8, 4) is 0 Å². The number of unbranched alkanes of at least 4 members (excludes halogenated alkanes) is 30. The van der Waals surface area contributed by atoms with Gasteiger partial charge in [-0.1, -0.05) is 189 Å². The van der Waals surface area contributed by atoms with Gasteiger partial charge in [-0.25, -0.2) is 0 Å². The SMILES string of the molecule is C[NH+](C)CCCCCCCCCCCCCCCCCCC(=O)NC(CSSCC(NC(=O)CCCCCCCCCCCCCCCCCC[NH+](C)C)C(=O)[O-])C(=O)[O-]. The Kier molecular flexibility index (Phi) is 43.0. The third-order valence-corrected chi connectivity index (χ3v) is 13.9. The van der Waals surface area contributed by atoms with Gasteiger partial charge in [0.05, 0.1) is 65.3 Å². The van der Waals surface area contributed by atoms with Crippen molar-refractivity contribution in [3.05, 3.63) is 0 Å². The summed E-state index contributed by atoms with van der Waals surface area (Å²) in [6.45, 7) is 2.57. The van der Waals surface area contributed by atoms with Crippen molar-refractivity contribution in [1.82, 2.24) is 10.6 Å². The predicted octanol–water partition coefficient (Wildman–Crippen LogP) is 6.39. The Morgan fingerprint density at radius 3 is 0.767 bits per heavy atom. The molecule has 0 spiro atoms. The largest absolute Gasteiger partial charge is 0.548 e. The highest BCUT2D eigenvalue weighted by Gasteiger charge is 2.17. The molecule has 2 atom stereocenters. The van der Waals surface area contributed by atoms with E-state index >= 15 is 0 Å². The van der Waals surface area contributed by atoms with Crippen LogP contribution in [-0.2, 0) is 19.2 Å². The molecule has 0 aromatic heterocycles. The number of amides is 2. The molecular formula is C48H94N4O6S2. The van der Waals surface area contributed by atoms with Gasteiger partial charge in [-0.05, 0) is 38.5 Å². The molecule has 0 heterocycles. The summed E-state index contributed by atoms with van der Waals surface area (Å²) in [6.07, 6.45) is 40.6. The summed E-state index contributed by atoms with van der Waals surface area (Å²) in [7, 11) is 11.2. The Labute approximate surface area is 376 Å². The summed E-state index contributed by atoms with van der Waals surface area (Å²) in [6, 6.07) is -2.34. The lowest BCUT2D eigenvalue weighted by molar-refractivity contribution is -0.858. The molecule has 0 aliphatic carbocycles. The number of carboxylic acids is 2. The van der Waals surface area contributed by atoms with Gasteiger partial charge in [0.25, 0.3) is 0 Å². The van der Waals surface area contributed by atoms with E-state index in [0.29, 0.717) is 0 Å². The van der Waals surface area contributed by atoms with Gasteiger partial charge in [-0.3, -0.25) is 9.59 Å². The maximum absolute atomic E-state index is 12.4.